The number of pyridine rings is 2. The van der Waals surface area contributed by atoms with Crippen molar-refractivity contribution in [2.24, 2.45) is 0 Å². The molecule has 0 saturated heterocycles. The molecule has 48 heavy (non-hydrogen) atoms. The summed E-state index contributed by atoms with van der Waals surface area (Å²) in [4.78, 5) is 49.7. The van der Waals surface area contributed by atoms with Crippen LogP contribution in [-0.4, -0.2) is 95.4 Å². The summed E-state index contributed by atoms with van der Waals surface area (Å²) in [5.74, 6) is -8.36. The summed E-state index contributed by atoms with van der Waals surface area (Å²) >= 11 is 0. The van der Waals surface area contributed by atoms with Gasteiger partial charge in [-0.05, 0) is 36.8 Å². The maximum Gasteiger partial charge on any atom is 0.490 e. The maximum atomic E-state index is 12.2. The van der Waals surface area contributed by atoms with Crippen LogP contribution in [0.3, 0.4) is 0 Å². The summed E-state index contributed by atoms with van der Waals surface area (Å²) in [6.45, 7) is 3.14. The van der Waals surface area contributed by atoms with E-state index >= 15 is 0 Å². The lowest BCUT2D eigenvalue weighted by atomic mass is 10.1. The van der Waals surface area contributed by atoms with Gasteiger partial charge in [-0.3, -0.25) is 24.3 Å². The highest BCUT2D eigenvalue weighted by Gasteiger charge is 2.39. The molecule has 264 valence electrons. The first-order chi connectivity index (χ1) is 22.1. The average molecular weight is 705 g/mol. The van der Waals surface area contributed by atoms with Crippen LogP contribution in [0.2, 0.25) is 0 Å². The van der Waals surface area contributed by atoms with Gasteiger partial charge in [-0.15, -0.1) is 0 Å². The molecule has 1 atom stereocenters. The van der Waals surface area contributed by atoms with Crippen LogP contribution in [0.1, 0.15) is 34.2 Å². The third-order valence-corrected chi connectivity index (χ3v) is 5.48. The van der Waals surface area contributed by atoms with E-state index in [9.17, 15) is 44.3 Å². The summed E-state index contributed by atoms with van der Waals surface area (Å²) in [5, 5.41) is 28.8. The van der Waals surface area contributed by atoms with Crippen LogP contribution in [0, 0.1) is 0 Å². The van der Waals surface area contributed by atoms with Crippen molar-refractivity contribution in [3.8, 4) is 0 Å². The number of carbonyl (C=O) groups excluding carboxylic acids is 1. The van der Waals surface area contributed by atoms with Gasteiger partial charge < -0.3 is 20.6 Å². The largest absolute Gasteiger partial charge is 0.490 e. The highest BCUT2D eigenvalue weighted by Crippen LogP contribution is 2.24. The van der Waals surface area contributed by atoms with Crippen LogP contribution in [0.4, 0.5) is 39.5 Å². The highest BCUT2D eigenvalue weighted by molar-refractivity contribution is 5.93. The van der Waals surface area contributed by atoms with Gasteiger partial charge >= 0.3 is 36.4 Å². The van der Waals surface area contributed by atoms with Crippen LogP contribution in [0.15, 0.2) is 61.2 Å². The van der Waals surface area contributed by atoms with E-state index in [4.69, 9.17) is 29.7 Å². The molecule has 0 fully saturated rings. The second-order valence-electron chi connectivity index (χ2n) is 9.11. The van der Waals surface area contributed by atoms with Gasteiger partial charge in [-0.2, -0.15) is 44.6 Å². The number of carboxylic acids is 3. The number of halogens is 9. The molecule has 4 N–H and O–H groups in total. The Morgan fingerprint density at radius 2 is 1.35 bits per heavy atom. The van der Waals surface area contributed by atoms with Gasteiger partial charge in [-0.1, -0.05) is 6.07 Å². The van der Waals surface area contributed by atoms with Gasteiger partial charge in [-0.25, -0.2) is 14.4 Å². The predicted molar refractivity (Wildman–Crippen MR) is 142 cm³/mol. The van der Waals surface area contributed by atoms with E-state index in [1.165, 1.54) is 5.69 Å². The minimum atomic E-state index is -5.08. The van der Waals surface area contributed by atoms with E-state index < -0.39 is 36.4 Å². The minimum absolute atomic E-state index is 0.0926. The Balaban J connectivity index is 0.000000448. The summed E-state index contributed by atoms with van der Waals surface area (Å²) < 4.78 is 97.3. The number of alkyl halides is 9. The lowest BCUT2D eigenvalue weighted by Crippen LogP contribution is -2.39. The Kier molecular flexibility index (Phi) is 15.4. The van der Waals surface area contributed by atoms with E-state index in [2.05, 4.69) is 42.1 Å². The van der Waals surface area contributed by atoms with Crippen LogP contribution in [-0.2, 0) is 27.5 Å². The number of amides is 1. The van der Waals surface area contributed by atoms with Crippen molar-refractivity contribution in [2.45, 2.75) is 44.1 Å². The number of nitrogens with zero attached hydrogens (tertiary/aromatic N) is 5. The fourth-order valence-corrected chi connectivity index (χ4v) is 3.47. The van der Waals surface area contributed by atoms with E-state index in [0.717, 1.165) is 31.7 Å². The quantitative estimate of drug-likeness (QED) is 0.272. The van der Waals surface area contributed by atoms with Gasteiger partial charge in [0, 0.05) is 51.0 Å². The molecule has 1 aliphatic heterocycles. The summed E-state index contributed by atoms with van der Waals surface area (Å²) in [7, 11) is 0. The minimum Gasteiger partial charge on any atom is -0.475 e. The van der Waals surface area contributed by atoms with Crippen molar-refractivity contribution in [1.29, 1.82) is 0 Å². The summed E-state index contributed by atoms with van der Waals surface area (Å²) in [6.07, 6.45) is -7.51. The van der Waals surface area contributed by atoms with Crippen molar-refractivity contribution in [3.63, 3.8) is 0 Å². The molecule has 0 saturated carbocycles. The van der Waals surface area contributed by atoms with Crippen LogP contribution < -0.4 is 5.32 Å². The Labute approximate surface area is 263 Å². The lowest BCUT2D eigenvalue weighted by Gasteiger charge is -2.33. The molecule has 1 aliphatic rings. The van der Waals surface area contributed by atoms with E-state index in [0.29, 0.717) is 12.1 Å². The predicted octanol–water partition coefficient (Wildman–Crippen LogP) is 3.95. The third kappa shape index (κ3) is 15.3. The van der Waals surface area contributed by atoms with Crippen LogP contribution in [0.5, 0.6) is 0 Å². The fourth-order valence-electron chi connectivity index (χ4n) is 3.47. The fraction of sp³-hybridized carbons (Fsp3) is 0.346. The number of hydrogen-bond acceptors (Lipinski definition) is 8. The molecular weight excluding hydrogens is 679 g/mol. The molecule has 13 nitrogen and oxygen atoms in total. The van der Waals surface area contributed by atoms with E-state index in [1.54, 1.807) is 24.5 Å². The molecule has 4 heterocycles. The van der Waals surface area contributed by atoms with Gasteiger partial charge in [0.25, 0.3) is 5.91 Å². The maximum absolute atomic E-state index is 12.2. The molecular formula is C26H25F9N6O7. The van der Waals surface area contributed by atoms with Crippen molar-refractivity contribution >= 4 is 23.8 Å². The Morgan fingerprint density at radius 1 is 0.792 bits per heavy atom. The number of carbonyl (C=O) groups is 4. The normalized spacial score (nSPS) is 14.3. The highest BCUT2D eigenvalue weighted by atomic mass is 19.4. The summed E-state index contributed by atoms with van der Waals surface area (Å²) in [5.41, 5.74) is 2.84. The number of fused-ring (bicyclic) bond motifs is 1. The standard InChI is InChI=1S/C20H22N6O.3C2HF3O2/c27-20(16-4-3-8-21-12-16)23-10-6-18-14-25(13-17-5-1-2-9-22-17)15-19-7-11-24-26(18)19;3*3-2(4,5)1(6)7/h1-5,7-9,11-12,18H,6,10,13-15H2,(H,23,27);3*(H,6,7). The zero-order valence-corrected chi connectivity index (χ0v) is 24.0. The molecule has 0 bridgehead atoms. The second kappa shape index (κ2) is 18.2. The van der Waals surface area contributed by atoms with Gasteiger partial charge in [0.1, 0.15) is 0 Å². The van der Waals surface area contributed by atoms with Gasteiger partial charge in [0.2, 0.25) is 0 Å². The number of carboxylic acid groups (broad SMARTS) is 3. The van der Waals surface area contributed by atoms with Crippen molar-refractivity contribution in [3.05, 3.63) is 78.1 Å². The van der Waals surface area contributed by atoms with E-state index in [1.807, 2.05) is 24.5 Å². The average Bonchev–Trinajstić information content (AvgIpc) is 3.46. The topological polar surface area (TPSA) is 188 Å². The number of nitrogens with one attached hydrogen (secondary N) is 1. The number of aromatic nitrogens is 4. The number of aliphatic carboxylic acids is 3. The second-order valence-corrected chi connectivity index (χ2v) is 9.11. The Bertz CT molecular complexity index is 1410. The molecule has 4 rings (SSSR count). The molecule has 22 heteroatoms. The third-order valence-electron chi connectivity index (χ3n) is 5.48. The van der Waals surface area contributed by atoms with Crippen molar-refractivity contribution in [1.82, 2.24) is 30.0 Å². The molecule has 3 aromatic heterocycles. The van der Waals surface area contributed by atoms with Crippen LogP contribution >= 0.6 is 0 Å². The first-order valence-electron chi connectivity index (χ1n) is 12.9. The smallest absolute Gasteiger partial charge is 0.475 e. The molecule has 3 aromatic rings. The Hall–Kier alpha value is -5.28. The Morgan fingerprint density at radius 3 is 1.81 bits per heavy atom. The van der Waals surface area contributed by atoms with Crippen molar-refractivity contribution < 1.29 is 74.0 Å². The van der Waals surface area contributed by atoms with Gasteiger partial charge in [0.05, 0.1) is 23.0 Å². The zero-order chi connectivity index (χ0) is 36.7. The molecule has 1 unspecified atom stereocenters. The first-order valence-corrected chi connectivity index (χ1v) is 12.9. The van der Waals surface area contributed by atoms with Gasteiger partial charge in [0.15, 0.2) is 0 Å². The molecule has 1 amide bonds. The molecule has 0 aliphatic carbocycles. The lowest BCUT2D eigenvalue weighted by molar-refractivity contribution is -0.193. The summed E-state index contributed by atoms with van der Waals surface area (Å²) in [6, 6.07) is 11.8. The van der Waals surface area contributed by atoms with Crippen LogP contribution in [0.25, 0.3) is 0 Å². The zero-order valence-electron chi connectivity index (χ0n) is 24.0. The first kappa shape index (κ1) is 40.7. The number of hydrogen-bond donors (Lipinski definition) is 4. The van der Waals surface area contributed by atoms with E-state index in [-0.39, 0.29) is 11.9 Å². The van der Waals surface area contributed by atoms with Crippen molar-refractivity contribution in [2.75, 3.05) is 13.1 Å². The monoisotopic (exact) mass is 704 g/mol. The number of rotatable bonds is 6. The molecule has 0 aromatic carbocycles. The molecule has 0 spiro atoms. The SMILES string of the molecule is O=C(NCCC1CN(Cc2ccccn2)Cc2ccnn21)c1cccnc1.O=C(O)C(F)(F)F.O=C(O)C(F)(F)F.O=C(O)C(F)(F)F. The molecule has 0 radical (unpaired) electrons.